The van der Waals surface area contributed by atoms with Crippen LogP contribution in [-0.4, -0.2) is 18.4 Å². The van der Waals surface area contributed by atoms with E-state index >= 15 is 0 Å². The summed E-state index contributed by atoms with van der Waals surface area (Å²) in [6.07, 6.45) is 41.2. The zero-order valence-electron chi connectivity index (χ0n) is 27.5. The van der Waals surface area contributed by atoms with Gasteiger partial charge in [-0.05, 0) is 19.3 Å². The zero-order valence-corrected chi connectivity index (χ0v) is 27.5. The van der Waals surface area contributed by atoms with Crippen LogP contribution in [0, 0.1) is 0 Å². The van der Waals surface area contributed by atoms with E-state index in [4.69, 9.17) is 4.74 Å². The number of carbonyl (C=O) groups excluding carboxylic acids is 2. The number of esters is 1. The van der Waals surface area contributed by atoms with Crippen LogP contribution in [0.3, 0.4) is 0 Å². The van der Waals surface area contributed by atoms with Gasteiger partial charge in [0.05, 0.1) is 0 Å². The van der Waals surface area contributed by atoms with Gasteiger partial charge in [-0.25, -0.2) is 0 Å². The molecule has 0 aliphatic carbocycles. The molecule has 0 saturated heterocycles. The topological polar surface area (TPSA) is 43.4 Å². The van der Waals surface area contributed by atoms with Gasteiger partial charge in [0.25, 0.3) is 0 Å². The summed E-state index contributed by atoms with van der Waals surface area (Å²) in [4.78, 5) is 23.3. The van der Waals surface area contributed by atoms with Gasteiger partial charge in [0.15, 0.2) is 0 Å². The quantitative estimate of drug-likeness (QED) is 0.0443. The molecule has 0 aromatic rings. The molecule has 0 aromatic heterocycles. The van der Waals surface area contributed by atoms with Crippen molar-refractivity contribution in [3.05, 3.63) is 0 Å². The molecule has 0 aromatic carbocycles. The second-order valence-electron chi connectivity index (χ2n) is 12.6. The van der Waals surface area contributed by atoms with Crippen LogP contribution in [-0.2, 0) is 14.3 Å². The van der Waals surface area contributed by atoms with Gasteiger partial charge in [-0.1, -0.05) is 187 Å². The maximum Gasteiger partial charge on any atom is 0.306 e. The molecular formula is C37H72O3. The van der Waals surface area contributed by atoms with E-state index in [2.05, 4.69) is 13.8 Å². The monoisotopic (exact) mass is 565 g/mol. The fourth-order valence-electron chi connectivity index (χ4n) is 5.78. The van der Waals surface area contributed by atoms with Gasteiger partial charge in [-0.3, -0.25) is 4.79 Å². The van der Waals surface area contributed by atoms with Gasteiger partial charge in [-0.15, -0.1) is 0 Å². The third kappa shape index (κ3) is 31.7. The second kappa shape index (κ2) is 34.3. The van der Waals surface area contributed by atoms with Crippen LogP contribution in [0.25, 0.3) is 0 Å². The van der Waals surface area contributed by atoms with Gasteiger partial charge in [0, 0.05) is 12.8 Å². The fourth-order valence-corrected chi connectivity index (χ4v) is 5.78. The summed E-state index contributed by atoms with van der Waals surface area (Å²) < 4.78 is 5.63. The summed E-state index contributed by atoms with van der Waals surface area (Å²) in [5.41, 5.74) is 0. The minimum absolute atomic E-state index is 0.106. The molecule has 0 N–H and O–H groups in total. The van der Waals surface area contributed by atoms with E-state index in [9.17, 15) is 9.59 Å². The summed E-state index contributed by atoms with van der Waals surface area (Å²) in [5, 5.41) is 0. The zero-order chi connectivity index (χ0) is 29.2. The Labute approximate surface area is 251 Å². The molecule has 238 valence electrons. The Balaban J connectivity index is 3.43. The molecular weight excluding hydrogens is 492 g/mol. The van der Waals surface area contributed by atoms with Gasteiger partial charge < -0.3 is 9.53 Å². The molecule has 0 saturated carbocycles. The van der Waals surface area contributed by atoms with Crippen LogP contribution >= 0.6 is 0 Å². The molecule has 1 atom stereocenters. The fraction of sp³-hybridized carbons (Fsp3) is 0.946. The maximum absolute atomic E-state index is 12.2. The Morgan fingerprint density at radius 2 is 0.775 bits per heavy atom. The van der Waals surface area contributed by atoms with Crippen molar-refractivity contribution in [1.82, 2.24) is 0 Å². The van der Waals surface area contributed by atoms with Crippen LogP contribution in [0.15, 0.2) is 0 Å². The molecule has 0 radical (unpaired) electrons. The van der Waals surface area contributed by atoms with E-state index in [0.717, 1.165) is 32.0 Å². The first kappa shape index (κ1) is 39.1. The number of ether oxygens (including phenoxy) is 1. The average molecular weight is 565 g/mol. The summed E-state index contributed by atoms with van der Waals surface area (Å²) >= 11 is 0. The Kier molecular flexibility index (Phi) is 33.6. The Morgan fingerprint density at radius 3 is 1.10 bits per heavy atom. The van der Waals surface area contributed by atoms with E-state index in [1.54, 1.807) is 0 Å². The number of rotatable bonds is 34. The van der Waals surface area contributed by atoms with Crippen LogP contribution < -0.4 is 0 Å². The highest BCUT2D eigenvalue weighted by Crippen LogP contribution is 2.17. The smallest absolute Gasteiger partial charge is 0.306 e. The van der Waals surface area contributed by atoms with Crippen molar-refractivity contribution >= 4 is 12.3 Å². The molecule has 3 nitrogen and oxygen atoms in total. The van der Waals surface area contributed by atoms with Crippen LogP contribution in [0.4, 0.5) is 0 Å². The normalized spacial score (nSPS) is 12.1. The van der Waals surface area contributed by atoms with Crippen molar-refractivity contribution in [2.45, 2.75) is 225 Å². The Morgan fingerprint density at radius 1 is 0.475 bits per heavy atom. The molecule has 0 rings (SSSR count). The molecule has 0 heterocycles. The predicted octanol–water partition coefficient (Wildman–Crippen LogP) is 12.6. The largest absolute Gasteiger partial charge is 0.462 e. The third-order valence-electron chi connectivity index (χ3n) is 8.52. The maximum atomic E-state index is 12.2. The molecule has 0 spiro atoms. The number of hydrogen-bond donors (Lipinski definition) is 0. The molecule has 0 fully saturated rings. The minimum Gasteiger partial charge on any atom is -0.462 e. The SMILES string of the molecule is CCCCCCCCCCCCCCCCCCCCCCC(=O)OC(CC=O)CCCCCCCCCCC. The minimum atomic E-state index is -0.209. The van der Waals surface area contributed by atoms with Crippen molar-refractivity contribution < 1.29 is 14.3 Å². The second-order valence-corrected chi connectivity index (χ2v) is 12.6. The summed E-state index contributed by atoms with van der Waals surface area (Å²) in [7, 11) is 0. The lowest BCUT2D eigenvalue weighted by atomic mass is 10.0. The van der Waals surface area contributed by atoms with Crippen LogP contribution in [0.1, 0.15) is 219 Å². The molecule has 0 aliphatic rings. The molecule has 0 amide bonds. The van der Waals surface area contributed by atoms with Crippen LogP contribution in [0.2, 0.25) is 0 Å². The van der Waals surface area contributed by atoms with Crippen molar-refractivity contribution in [2.24, 2.45) is 0 Å². The molecule has 0 bridgehead atoms. The van der Waals surface area contributed by atoms with Gasteiger partial charge in [0.2, 0.25) is 0 Å². The summed E-state index contributed by atoms with van der Waals surface area (Å²) in [6.45, 7) is 4.55. The highest BCUT2D eigenvalue weighted by atomic mass is 16.5. The number of hydrogen-bond acceptors (Lipinski definition) is 3. The van der Waals surface area contributed by atoms with E-state index < -0.39 is 0 Å². The van der Waals surface area contributed by atoms with Gasteiger partial charge in [-0.2, -0.15) is 0 Å². The lowest BCUT2D eigenvalue weighted by Gasteiger charge is -2.15. The summed E-state index contributed by atoms with van der Waals surface area (Å²) in [6, 6.07) is 0. The highest BCUT2D eigenvalue weighted by molar-refractivity contribution is 5.69. The first-order valence-corrected chi connectivity index (χ1v) is 18.4. The molecule has 40 heavy (non-hydrogen) atoms. The number of unbranched alkanes of at least 4 members (excludes halogenated alkanes) is 27. The lowest BCUT2D eigenvalue weighted by molar-refractivity contribution is -0.150. The number of aldehydes is 1. The van der Waals surface area contributed by atoms with Crippen molar-refractivity contribution in [1.29, 1.82) is 0 Å². The van der Waals surface area contributed by atoms with Gasteiger partial charge in [0.1, 0.15) is 12.4 Å². The van der Waals surface area contributed by atoms with Gasteiger partial charge >= 0.3 is 5.97 Å². The van der Waals surface area contributed by atoms with E-state index in [0.29, 0.717) is 12.8 Å². The van der Waals surface area contributed by atoms with Crippen molar-refractivity contribution in [2.75, 3.05) is 0 Å². The first-order chi connectivity index (χ1) is 19.7. The molecule has 3 heteroatoms. The number of carbonyl (C=O) groups is 2. The van der Waals surface area contributed by atoms with Crippen molar-refractivity contribution in [3.63, 3.8) is 0 Å². The standard InChI is InChI=1S/C37H72O3/c1-3-5-7-9-11-13-14-15-16-17-18-19-20-21-22-23-25-27-29-31-33-37(39)40-36(34-35-38)32-30-28-26-24-12-10-8-6-4-2/h35-36H,3-34H2,1-2H3. The van der Waals surface area contributed by atoms with E-state index in [1.165, 1.54) is 167 Å². The van der Waals surface area contributed by atoms with E-state index in [1.807, 2.05) is 0 Å². The van der Waals surface area contributed by atoms with Crippen LogP contribution in [0.5, 0.6) is 0 Å². The Hall–Kier alpha value is -0.860. The average Bonchev–Trinajstić information content (AvgIpc) is 2.95. The lowest BCUT2D eigenvalue weighted by Crippen LogP contribution is -2.18. The summed E-state index contributed by atoms with van der Waals surface area (Å²) in [5.74, 6) is -0.106. The molecule has 1 unspecified atom stereocenters. The third-order valence-corrected chi connectivity index (χ3v) is 8.52. The Bertz CT molecular complexity index is 504. The molecule has 0 aliphatic heterocycles. The first-order valence-electron chi connectivity index (χ1n) is 18.4. The van der Waals surface area contributed by atoms with E-state index in [-0.39, 0.29) is 12.1 Å². The van der Waals surface area contributed by atoms with Crippen molar-refractivity contribution in [3.8, 4) is 0 Å². The predicted molar refractivity (Wildman–Crippen MR) is 175 cm³/mol. The highest BCUT2D eigenvalue weighted by Gasteiger charge is 2.13.